The van der Waals surface area contributed by atoms with Gasteiger partial charge in [-0.2, -0.15) is 19.2 Å². The van der Waals surface area contributed by atoms with Gasteiger partial charge in [0.05, 0.1) is 25.3 Å². The molecule has 94 heavy (non-hydrogen) atoms. The first kappa shape index (κ1) is 95.9. The summed E-state index contributed by atoms with van der Waals surface area (Å²) in [5.41, 5.74) is 8.62. The number of allylic oxidation sites excluding steroid dienone is 33. The Balaban J connectivity index is -0.000000372. The maximum atomic E-state index is 12.2. The van der Waals surface area contributed by atoms with Crippen LogP contribution < -0.4 is 124 Å². The summed E-state index contributed by atoms with van der Waals surface area (Å²) in [6.07, 6.45) is 54.4. The molecule has 0 saturated carbocycles. The number of aliphatic carboxylic acids is 1. The van der Waals surface area contributed by atoms with E-state index in [1.165, 1.54) is 40.1 Å². The minimum Gasteiger partial charge on any atom is -0.545 e. The molecule has 0 spiro atoms. The Hall–Kier alpha value is -6.81. The molecule has 0 unspecified atom stereocenters. The smallest absolute Gasteiger partial charge is 0.545 e. The second-order valence-corrected chi connectivity index (χ2v) is 23.1. The summed E-state index contributed by atoms with van der Waals surface area (Å²) in [7, 11) is -1.95. The number of carbonyl (C=O) groups is 5. The van der Waals surface area contributed by atoms with Crippen molar-refractivity contribution in [2.75, 3.05) is 19.4 Å². The molecule has 0 aliphatic rings. The minimum absolute atomic E-state index is 0. The van der Waals surface area contributed by atoms with E-state index in [4.69, 9.17) is 28.7 Å². The molecule has 0 radical (unpaired) electrons. The molecule has 0 saturated heterocycles. The van der Waals surface area contributed by atoms with Crippen molar-refractivity contribution in [2.45, 2.75) is 103 Å². The molecule has 0 aliphatic heterocycles. The zero-order chi connectivity index (χ0) is 69.8. The summed E-state index contributed by atoms with van der Waals surface area (Å²) < 4.78 is 10.1. The van der Waals surface area contributed by atoms with Crippen LogP contribution in [-0.2, 0) is 52.6 Å². The number of benzene rings is 3. The van der Waals surface area contributed by atoms with Crippen molar-refractivity contribution < 1.29 is 161 Å². The third-order valence-corrected chi connectivity index (χ3v) is 16.2. The first-order chi connectivity index (χ1) is 44.1. The van der Waals surface area contributed by atoms with Crippen LogP contribution in [0.4, 0.5) is 0 Å². The van der Waals surface area contributed by atoms with Crippen LogP contribution in [0.15, 0.2) is 299 Å². The maximum Gasteiger partial charge on any atom is 1.00 e. The van der Waals surface area contributed by atoms with Crippen molar-refractivity contribution in [2.24, 2.45) is 0 Å². The van der Waals surface area contributed by atoms with E-state index in [0.717, 1.165) is 41.9 Å². The van der Waals surface area contributed by atoms with E-state index < -0.39 is 13.2 Å². The number of carboxylic acids is 1. The van der Waals surface area contributed by atoms with E-state index in [1.54, 1.807) is 64.2 Å². The van der Waals surface area contributed by atoms with Crippen LogP contribution in [0.1, 0.15) is 103 Å². The average molecular weight is 1340 g/mol. The normalized spacial score (nSPS) is 12.8. The van der Waals surface area contributed by atoms with Gasteiger partial charge >= 0.3 is 127 Å². The van der Waals surface area contributed by atoms with Crippen LogP contribution in [0.5, 0.6) is 0 Å². The summed E-state index contributed by atoms with van der Waals surface area (Å²) in [5, 5.41) is 14.4. The number of rotatable bonds is 27. The second kappa shape index (κ2) is 64.9. The summed E-state index contributed by atoms with van der Waals surface area (Å²) in [4.78, 5) is 86.9. The largest absolute Gasteiger partial charge is 1.00 e. The fourth-order valence-corrected chi connectivity index (χ4v) is 10.9. The zero-order valence-electron chi connectivity index (χ0n) is 57.9. The van der Waals surface area contributed by atoms with E-state index in [1.807, 2.05) is 139 Å². The fraction of sp³-hybridized carbons (Fsp3) is 0.228. The van der Waals surface area contributed by atoms with E-state index in [-0.39, 0.29) is 133 Å². The Morgan fingerprint density at radius 3 is 1.03 bits per heavy atom. The van der Waals surface area contributed by atoms with Crippen molar-refractivity contribution in [3.63, 3.8) is 0 Å². The Kier molecular flexibility index (Phi) is 66.2. The molecule has 0 aliphatic carbocycles. The molecular formula is C79H92K2O12P+. The van der Waals surface area contributed by atoms with Crippen molar-refractivity contribution in [3.8, 4) is 0 Å². The molecule has 0 bridgehead atoms. The maximum absolute atomic E-state index is 12.2. The number of hydrogen-bond donors (Lipinski definition) is 0. The van der Waals surface area contributed by atoms with Crippen LogP contribution in [0.25, 0.3) is 0 Å². The second-order valence-electron chi connectivity index (χ2n) is 19.6. The number of aldehydes is 2. The molecule has 15 heteroatoms. The Morgan fingerprint density at radius 2 is 0.734 bits per heavy atom. The third kappa shape index (κ3) is 50.6. The average Bonchev–Trinajstić information content (AvgIpc) is 0.761. The van der Waals surface area contributed by atoms with Gasteiger partial charge in [0.25, 0.3) is 0 Å². The molecule has 0 fully saturated rings. The molecule has 0 aromatic heterocycles. The van der Waals surface area contributed by atoms with Crippen LogP contribution in [0, 0.1) is 6.08 Å². The van der Waals surface area contributed by atoms with Crippen molar-refractivity contribution in [3.05, 3.63) is 305 Å². The van der Waals surface area contributed by atoms with E-state index in [2.05, 4.69) is 130 Å². The molecule has 0 amide bonds. The Morgan fingerprint density at radius 1 is 0.436 bits per heavy atom. The molecule has 3 aromatic carbocycles. The number of hydrogen-bond acceptors (Lipinski definition) is 12. The summed E-state index contributed by atoms with van der Waals surface area (Å²) in [5.74, 6) is -1.66. The van der Waals surface area contributed by atoms with Crippen LogP contribution >= 0.6 is 7.26 Å². The van der Waals surface area contributed by atoms with Gasteiger partial charge in [0.2, 0.25) is 0 Å². The minimum atomic E-state index is -1.95. The number of ether oxygens (including phenoxy) is 2. The van der Waals surface area contributed by atoms with Crippen molar-refractivity contribution >= 4 is 66.0 Å². The van der Waals surface area contributed by atoms with Gasteiger partial charge in [-0.3, -0.25) is 15.7 Å². The van der Waals surface area contributed by atoms with Gasteiger partial charge in [0, 0.05) is 11.1 Å². The molecule has 0 heterocycles. The van der Waals surface area contributed by atoms with E-state index in [0.29, 0.717) is 35.5 Å². The van der Waals surface area contributed by atoms with Crippen LogP contribution in [0.3, 0.4) is 0 Å². The van der Waals surface area contributed by atoms with Gasteiger partial charge in [-0.25, -0.2) is 21.7 Å². The van der Waals surface area contributed by atoms with Crippen molar-refractivity contribution in [1.29, 1.82) is 0 Å². The first-order valence-corrected chi connectivity index (χ1v) is 31.5. The van der Waals surface area contributed by atoms with E-state index in [9.17, 15) is 29.1 Å². The predicted octanol–water partition coefficient (Wildman–Crippen LogP) is 9.20. The predicted molar refractivity (Wildman–Crippen MR) is 376 cm³/mol. The third-order valence-electron chi connectivity index (χ3n) is 12.0. The van der Waals surface area contributed by atoms with Gasteiger partial charge in [-0.15, -0.1) is 13.0 Å². The summed E-state index contributed by atoms with van der Waals surface area (Å²) in [6.45, 7) is 27.2. The van der Waals surface area contributed by atoms with Gasteiger partial charge in [0.1, 0.15) is 35.7 Å². The molecule has 3 rings (SSSR count). The monoisotopic (exact) mass is 1340 g/mol. The molecule has 0 N–H and O–H groups in total. The van der Waals surface area contributed by atoms with Crippen LogP contribution in [0.2, 0.25) is 0 Å². The molecule has 0 atom stereocenters. The van der Waals surface area contributed by atoms with Gasteiger partial charge < -0.3 is 19.4 Å². The summed E-state index contributed by atoms with van der Waals surface area (Å²) >= 11 is 0. The number of carbonyl (C=O) groups excluding carboxylic acids is 9. The molecule has 3 aromatic rings. The zero-order valence-corrected chi connectivity index (χ0v) is 65.1. The molecular weight excluding hydrogens is 1250 g/mol. The SMILES string of the molecule is CCOC(=O)/C(C)=C/C=C/C(C)=C/C=C/C=C(C)/C=C/C=C(\C)CC.CCOC(=O)/C(C)=C/C[P+](c1ccccc1)(c1ccccc1)c1ccccc1.C[C-]=C/C=C/C(C)=C/C=C/C=C(C)/C=C/C=C(\C)C(=O)[O-].C\C(C=O)=C/C=C/C=C(\C)C=O.O=C=O.O=C=O.[K+].[K+]. The van der Waals surface area contributed by atoms with Gasteiger partial charge in [0.15, 0.2) is 0 Å². The van der Waals surface area contributed by atoms with Crippen molar-refractivity contribution in [1.82, 2.24) is 0 Å². The quantitative estimate of drug-likeness (QED) is 0.0134. The first-order valence-electron chi connectivity index (χ1n) is 29.5. The number of esters is 2. The summed E-state index contributed by atoms with van der Waals surface area (Å²) in [6, 6.07) is 32.0. The Labute approximate surface area is 646 Å². The standard InChI is InChI=1S/C25H26O2P.C23H32O2.C19H23O2.C10H12O2.2CO2.2K/c1-3-27-25(26)21(2)19-20-28(22-13-7-4-8-14-22,23-15-9-5-10-16-23)24-17-11-6-12-18-24;1-7-19(3)15-11-16-20(4)13-9-10-14-21(5)17-12-18-22(6)23(24)25-8-2;1-5-6-7-11-16(2)12-8-9-13-17(3)14-10-15-18(4)19(20)21;1-9(7-11)5-3-4-6-10(2)8-12;2*2-1-3;;/h4-19H,3,20H2,1-2H3;9-18H,7-8H2,1-6H3;6-15H,1-4H3,(H,20,21);3-8H,1-2H3;;;;/q+1;;-1;;;;2*+1/p-1/b21-19+;10-9+,16-11+,17-12+,19-15+,20-13+,21-14+,22-18+;9-8+,11-7+,14-10+,16-12+,17-13+,18-15+;4-3+,9-5+,10-6+;;;;. The van der Waals surface area contributed by atoms with Gasteiger partial charge in [-0.05, 0) is 149 Å². The Bertz CT molecular complexity index is 3220. The van der Waals surface area contributed by atoms with Crippen LogP contribution in [-0.4, -0.2) is 62.2 Å². The van der Waals surface area contributed by atoms with E-state index >= 15 is 0 Å². The topological polar surface area (TPSA) is 195 Å². The molecule has 12 nitrogen and oxygen atoms in total. The van der Waals surface area contributed by atoms with Gasteiger partial charge in [-0.1, -0.05) is 217 Å². The fourth-order valence-electron chi connectivity index (χ4n) is 6.81. The molecule has 486 valence electrons. The number of carboxylic acid groups (broad SMARTS) is 1.